The molecule has 0 radical (unpaired) electrons. The molecule has 1 rings (SSSR count). The van der Waals surface area contributed by atoms with Crippen molar-refractivity contribution in [3.05, 3.63) is 0 Å². The fourth-order valence-electron chi connectivity index (χ4n) is 2.58. The van der Waals surface area contributed by atoms with Crippen LogP contribution >= 0.6 is 0 Å². The highest BCUT2D eigenvalue weighted by Gasteiger charge is 2.30. The largest absolute Gasteiger partial charge is 0.309 e. The summed E-state index contributed by atoms with van der Waals surface area (Å²) in [5, 5.41) is 3.82. The van der Waals surface area contributed by atoms with Gasteiger partial charge in [-0.05, 0) is 32.2 Å². The van der Waals surface area contributed by atoms with E-state index in [0.717, 1.165) is 6.04 Å². The smallest absolute Gasteiger partial charge is 0.0212 e. The molecule has 0 spiro atoms. The van der Waals surface area contributed by atoms with Crippen LogP contribution in [-0.4, -0.2) is 36.6 Å². The Morgan fingerprint density at radius 3 is 2.33 bits per heavy atom. The van der Waals surface area contributed by atoms with Crippen molar-refractivity contribution in [3.63, 3.8) is 0 Å². The summed E-state index contributed by atoms with van der Waals surface area (Å²) in [6.07, 6.45) is 2.52. The molecule has 0 aromatic rings. The van der Waals surface area contributed by atoms with E-state index in [1.807, 2.05) is 0 Å². The molecule has 1 saturated heterocycles. The van der Waals surface area contributed by atoms with Crippen LogP contribution in [0.15, 0.2) is 0 Å². The summed E-state index contributed by atoms with van der Waals surface area (Å²) in [6, 6.07) is 2.07. The highest BCUT2D eigenvalue weighted by molar-refractivity contribution is 4.90. The van der Waals surface area contributed by atoms with E-state index in [1.165, 1.54) is 19.4 Å². The maximum Gasteiger partial charge on any atom is 0.0212 e. The van der Waals surface area contributed by atoms with Crippen molar-refractivity contribution in [3.8, 4) is 0 Å². The fraction of sp³-hybridized carbons (Fsp3) is 1.00. The molecule has 3 atom stereocenters. The third-order valence-electron chi connectivity index (χ3n) is 3.78. The van der Waals surface area contributed by atoms with Gasteiger partial charge in [0.05, 0.1) is 0 Å². The van der Waals surface area contributed by atoms with E-state index in [9.17, 15) is 0 Å². The highest BCUT2D eigenvalue weighted by Crippen LogP contribution is 2.24. The van der Waals surface area contributed by atoms with E-state index in [1.54, 1.807) is 0 Å². The first kappa shape index (κ1) is 13.0. The van der Waals surface area contributed by atoms with Gasteiger partial charge < -0.3 is 10.2 Å². The van der Waals surface area contributed by atoms with Crippen LogP contribution < -0.4 is 5.32 Å². The predicted molar refractivity (Wildman–Crippen MR) is 67.2 cm³/mol. The molecular formula is C13H28N2. The Kier molecular flexibility index (Phi) is 4.19. The number of rotatable bonds is 3. The number of likely N-dealkylation sites (tertiary alicyclic amines) is 1. The second-order valence-corrected chi connectivity index (χ2v) is 6.21. The van der Waals surface area contributed by atoms with Gasteiger partial charge in [-0.2, -0.15) is 0 Å². The first-order valence-electron chi connectivity index (χ1n) is 6.31. The minimum absolute atomic E-state index is 0.374. The van der Waals surface area contributed by atoms with Gasteiger partial charge in [-0.3, -0.25) is 0 Å². The lowest BCUT2D eigenvalue weighted by Gasteiger charge is -2.33. The topological polar surface area (TPSA) is 15.3 Å². The lowest BCUT2D eigenvalue weighted by atomic mass is 9.84. The van der Waals surface area contributed by atoms with Gasteiger partial charge in [0.2, 0.25) is 0 Å². The molecule has 1 fully saturated rings. The third-order valence-corrected chi connectivity index (χ3v) is 3.78. The van der Waals surface area contributed by atoms with Crippen molar-refractivity contribution >= 4 is 0 Å². The first-order chi connectivity index (χ1) is 6.84. The zero-order valence-corrected chi connectivity index (χ0v) is 11.3. The second-order valence-electron chi connectivity index (χ2n) is 6.21. The third kappa shape index (κ3) is 3.46. The Morgan fingerprint density at radius 2 is 2.00 bits per heavy atom. The molecule has 1 heterocycles. The normalized spacial score (nSPS) is 30.8. The Hall–Kier alpha value is -0.0800. The molecule has 0 aromatic heterocycles. The van der Waals surface area contributed by atoms with Crippen molar-refractivity contribution in [1.82, 2.24) is 10.2 Å². The van der Waals surface area contributed by atoms with Gasteiger partial charge in [0.25, 0.3) is 0 Å². The first-order valence-corrected chi connectivity index (χ1v) is 6.31. The van der Waals surface area contributed by atoms with E-state index in [0.29, 0.717) is 17.5 Å². The average molecular weight is 212 g/mol. The summed E-state index contributed by atoms with van der Waals surface area (Å²) in [4.78, 5) is 2.45. The Bertz CT molecular complexity index is 185. The summed E-state index contributed by atoms with van der Waals surface area (Å²) in [5.41, 5.74) is 0.374. The maximum absolute atomic E-state index is 3.82. The molecule has 0 saturated carbocycles. The average Bonchev–Trinajstić information content (AvgIpc) is 2.40. The zero-order chi connectivity index (χ0) is 11.6. The molecule has 15 heavy (non-hydrogen) atoms. The number of hydrogen-bond donors (Lipinski definition) is 1. The van der Waals surface area contributed by atoms with E-state index in [2.05, 4.69) is 51.9 Å². The lowest BCUT2D eigenvalue weighted by Crippen LogP contribution is -2.46. The van der Waals surface area contributed by atoms with Crippen molar-refractivity contribution in [1.29, 1.82) is 0 Å². The molecule has 3 unspecified atom stereocenters. The standard InChI is InChI=1S/C13H28N2/c1-7-12(13(3,4)5)14-11-8-10(2)15(6)9-11/h10-12,14H,7-9H2,1-6H3. The van der Waals surface area contributed by atoms with Gasteiger partial charge in [0, 0.05) is 24.7 Å². The van der Waals surface area contributed by atoms with Crippen molar-refractivity contribution in [2.24, 2.45) is 5.41 Å². The van der Waals surface area contributed by atoms with Gasteiger partial charge in [-0.25, -0.2) is 0 Å². The van der Waals surface area contributed by atoms with E-state index in [4.69, 9.17) is 0 Å². The van der Waals surface area contributed by atoms with Gasteiger partial charge in [0.1, 0.15) is 0 Å². The maximum atomic E-state index is 3.82. The summed E-state index contributed by atoms with van der Waals surface area (Å²) < 4.78 is 0. The second kappa shape index (κ2) is 4.84. The van der Waals surface area contributed by atoms with Gasteiger partial charge in [-0.1, -0.05) is 27.7 Å². The molecular weight excluding hydrogens is 184 g/mol. The highest BCUT2D eigenvalue weighted by atomic mass is 15.2. The van der Waals surface area contributed by atoms with Crippen molar-refractivity contribution < 1.29 is 0 Å². The van der Waals surface area contributed by atoms with Gasteiger partial charge in [0.15, 0.2) is 0 Å². The summed E-state index contributed by atoms with van der Waals surface area (Å²) >= 11 is 0. The van der Waals surface area contributed by atoms with Crippen LogP contribution in [-0.2, 0) is 0 Å². The molecule has 1 aliphatic rings. The van der Waals surface area contributed by atoms with Crippen LogP contribution in [0.3, 0.4) is 0 Å². The molecule has 0 aromatic carbocycles. The monoisotopic (exact) mass is 212 g/mol. The number of hydrogen-bond acceptors (Lipinski definition) is 2. The molecule has 2 heteroatoms. The molecule has 1 aliphatic heterocycles. The van der Waals surface area contributed by atoms with Gasteiger partial charge in [-0.15, -0.1) is 0 Å². The van der Waals surface area contributed by atoms with Crippen molar-refractivity contribution in [2.75, 3.05) is 13.6 Å². The van der Waals surface area contributed by atoms with E-state index < -0.39 is 0 Å². The SMILES string of the molecule is CCC(NC1CC(C)N(C)C1)C(C)(C)C. The number of nitrogens with zero attached hydrogens (tertiary/aromatic N) is 1. The Balaban J connectivity index is 2.47. The number of nitrogens with one attached hydrogen (secondary N) is 1. The van der Waals surface area contributed by atoms with Crippen LogP contribution in [0.25, 0.3) is 0 Å². The van der Waals surface area contributed by atoms with Crippen molar-refractivity contribution in [2.45, 2.75) is 65.6 Å². The van der Waals surface area contributed by atoms with Crippen LogP contribution in [0.4, 0.5) is 0 Å². The zero-order valence-electron chi connectivity index (χ0n) is 11.3. The van der Waals surface area contributed by atoms with Crippen LogP contribution in [0.2, 0.25) is 0 Å². The molecule has 0 aliphatic carbocycles. The Labute approximate surface area is 95.4 Å². The van der Waals surface area contributed by atoms with E-state index >= 15 is 0 Å². The van der Waals surface area contributed by atoms with Gasteiger partial charge >= 0.3 is 0 Å². The minimum atomic E-state index is 0.374. The minimum Gasteiger partial charge on any atom is -0.309 e. The molecule has 2 nitrogen and oxygen atoms in total. The molecule has 0 bridgehead atoms. The van der Waals surface area contributed by atoms with Crippen LogP contribution in [0.1, 0.15) is 47.5 Å². The quantitative estimate of drug-likeness (QED) is 0.773. The molecule has 0 amide bonds. The van der Waals surface area contributed by atoms with Crippen LogP contribution in [0, 0.1) is 5.41 Å². The summed E-state index contributed by atoms with van der Waals surface area (Å²) in [7, 11) is 2.23. The number of likely N-dealkylation sites (N-methyl/N-ethyl adjacent to an activating group) is 1. The molecule has 90 valence electrons. The molecule has 1 N–H and O–H groups in total. The lowest BCUT2D eigenvalue weighted by molar-refractivity contribution is 0.238. The predicted octanol–water partition coefficient (Wildman–Crippen LogP) is 2.49. The Morgan fingerprint density at radius 1 is 1.40 bits per heavy atom. The summed E-state index contributed by atoms with van der Waals surface area (Å²) in [5.74, 6) is 0. The fourth-order valence-corrected chi connectivity index (χ4v) is 2.58. The summed E-state index contributed by atoms with van der Waals surface area (Å²) in [6.45, 7) is 12.8. The van der Waals surface area contributed by atoms with Crippen LogP contribution in [0.5, 0.6) is 0 Å². The van der Waals surface area contributed by atoms with E-state index in [-0.39, 0.29) is 0 Å².